The number of aryl methyl sites for hydroxylation is 1. The lowest BCUT2D eigenvalue weighted by molar-refractivity contribution is -0.191. The van der Waals surface area contributed by atoms with Crippen molar-refractivity contribution in [3.8, 4) is 0 Å². The van der Waals surface area contributed by atoms with E-state index < -0.39 is 0 Å². The van der Waals surface area contributed by atoms with Crippen LogP contribution in [0, 0.1) is 6.92 Å². The molecule has 0 fully saturated rings. The van der Waals surface area contributed by atoms with E-state index in [2.05, 4.69) is 21.9 Å². The molecule has 134 valence electrons. The van der Waals surface area contributed by atoms with Gasteiger partial charge >= 0.3 is 6.15 Å². The maximum atomic E-state index is 12.7. The van der Waals surface area contributed by atoms with E-state index in [1.54, 1.807) is 24.2 Å². The van der Waals surface area contributed by atoms with Crippen LogP contribution in [0.2, 0.25) is 0 Å². The summed E-state index contributed by atoms with van der Waals surface area (Å²) in [6, 6.07) is 7.75. The summed E-state index contributed by atoms with van der Waals surface area (Å²) in [5.74, 6) is 1.05. The van der Waals surface area contributed by atoms with E-state index in [1.165, 1.54) is 0 Å². The molecule has 0 bridgehead atoms. The van der Waals surface area contributed by atoms with Gasteiger partial charge in [-0.1, -0.05) is 6.92 Å². The van der Waals surface area contributed by atoms with Crippen LogP contribution in [-0.4, -0.2) is 32.6 Å². The van der Waals surface area contributed by atoms with Crippen LogP contribution in [0.15, 0.2) is 41.7 Å². The van der Waals surface area contributed by atoms with Crippen molar-refractivity contribution in [1.29, 1.82) is 0 Å². The van der Waals surface area contributed by atoms with E-state index in [0.717, 1.165) is 39.5 Å². The minimum Gasteiger partial charge on any atom is -0.344 e. The number of aromatic amines is 1. The highest BCUT2D eigenvalue weighted by Crippen LogP contribution is 2.22. The van der Waals surface area contributed by atoms with Crippen molar-refractivity contribution in [2.24, 2.45) is 0 Å². The lowest BCUT2D eigenvalue weighted by atomic mass is 10.1. The molecule has 0 amide bonds. The molecule has 0 radical (unpaired) electrons. The molecule has 0 saturated carbocycles. The van der Waals surface area contributed by atoms with Crippen LogP contribution < -0.4 is 0 Å². The van der Waals surface area contributed by atoms with Gasteiger partial charge in [0.15, 0.2) is 5.78 Å². The van der Waals surface area contributed by atoms with E-state index in [1.807, 2.05) is 31.2 Å². The molecular weight excluding hydrogens is 350 g/mol. The van der Waals surface area contributed by atoms with Crippen LogP contribution in [0.3, 0.4) is 0 Å². The molecule has 7 heteroatoms. The van der Waals surface area contributed by atoms with Crippen LogP contribution in [0.4, 0.5) is 0 Å². The first-order valence-electron chi connectivity index (χ1n) is 8.13. The molecule has 3 aromatic rings. The Morgan fingerprint density at radius 2 is 2.04 bits per heavy atom. The summed E-state index contributed by atoms with van der Waals surface area (Å²) in [6.45, 7) is 4.12. The third kappa shape index (κ3) is 5.12. The second-order valence-corrected chi connectivity index (χ2v) is 6.71. The molecule has 6 nitrogen and oxygen atoms in total. The summed E-state index contributed by atoms with van der Waals surface area (Å²) in [7, 11) is 0. The largest absolute Gasteiger partial charge is 0.373 e. The Morgan fingerprint density at radius 3 is 2.77 bits per heavy atom. The molecule has 0 aliphatic rings. The second-order valence-electron chi connectivity index (χ2n) is 5.62. The summed E-state index contributed by atoms with van der Waals surface area (Å²) >= 11 is 1.64. The average Bonchev–Trinajstić information content (AvgIpc) is 3.00. The van der Waals surface area contributed by atoms with Gasteiger partial charge in [-0.3, -0.25) is 4.79 Å². The van der Waals surface area contributed by atoms with Gasteiger partial charge < -0.3 is 4.98 Å². The van der Waals surface area contributed by atoms with Crippen LogP contribution in [0.1, 0.15) is 35.0 Å². The molecule has 3 heterocycles. The van der Waals surface area contributed by atoms with Crippen LogP contribution >= 0.6 is 11.8 Å². The molecule has 0 aliphatic heterocycles. The third-order valence-electron chi connectivity index (χ3n) is 3.54. The van der Waals surface area contributed by atoms with Crippen molar-refractivity contribution in [3.63, 3.8) is 0 Å². The fourth-order valence-corrected chi connectivity index (χ4v) is 3.36. The van der Waals surface area contributed by atoms with Gasteiger partial charge in [0.2, 0.25) is 0 Å². The van der Waals surface area contributed by atoms with Crippen molar-refractivity contribution in [3.05, 3.63) is 53.5 Å². The molecule has 3 aromatic heterocycles. The lowest BCUT2D eigenvalue weighted by Crippen LogP contribution is -2.06. The predicted molar refractivity (Wildman–Crippen MR) is 99.1 cm³/mol. The van der Waals surface area contributed by atoms with E-state index in [-0.39, 0.29) is 11.9 Å². The summed E-state index contributed by atoms with van der Waals surface area (Å²) in [4.78, 5) is 40.8. The molecular formula is C19H19N3O3S. The van der Waals surface area contributed by atoms with Gasteiger partial charge in [0.1, 0.15) is 10.7 Å². The van der Waals surface area contributed by atoms with Gasteiger partial charge in [-0.15, -0.1) is 11.8 Å². The summed E-state index contributed by atoms with van der Waals surface area (Å²) < 4.78 is 0. The van der Waals surface area contributed by atoms with Gasteiger partial charge in [-0.2, -0.15) is 9.59 Å². The quantitative estimate of drug-likeness (QED) is 0.527. The number of carbonyl (C=O) groups excluding carboxylic acids is 3. The highest BCUT2D eigenvalue weighted by atomic mass is 32.2. The zero-order chi connectivity index (χ0) is 18.9. The molecule has 0 aromatic carbocycles. The number of fused-ring (bicyclic) bond motifs is 1. The molecule has 3 rings (SSSR count). The Kier molecular flexibility index (Phi) is 7.26. The maximum absolute atomic E-state index is 12.7. The fraction of sp³-hybridized carbons (Fsp3) is 0.263. The third-order valence-corrected chi connectivity index (χ3v) is 4.75. The van der Waals surface area contributed by atoms with Crippen LogP contribution in [0.25, 0.3) is 11.0 Å². The molecule has 0 aliphatic carbocycles. The number of hydrogen-bond donors (Lipinski definition) is 1. The first-order chi connectivity index (χ1) is 12.6. The van der Waals surface area contributed by atoms with E-state index in [9.17, 15) is 4.79 Å². The Morgan fingerprint density at radius 1 is 1.27 bits per heavy atom. The number of thioether (sulfide) groups is 1. The van der Waals surface area contributed by atoms with E-state index in [4.69, 9.17) is 9.59 Å². The van der Waals surface area contributed by atoms with Crippen molar-refractivity contribution in [1.82, 2.24) is 15.0 Å². The Bertz CT molecular complexity index is 931. The SMILES string of the molecule is CCCSc1ncccc1C(=O)Cc1cnc2[nH]c(C)cc2c1.O=C=O. The monoisotopic (exact) mass is 369 g/mol. The minimum absolute atomic E-state index is 0.0881. The number of nitrogens with one attached hydrogen (secondary N) is 1. The van der Waals surface area contributed by atoms with Crippen molar-refractivity contribution >= 4 is 34.7 Å². The van der Waals surface area contributed by atoms with Gasteiger partial charge in [-0.05, 0) is 48.9 Å². The summed E-state index contributed by atoms with van der Waals surface area (Å²) in [5, 5.41) is 1.87. The first-order valence-corrected chi connectivity index (χ1v) is 9.12. The molecule has 0 unspecified atom stereocenters. The topological polar surface area (TPSA) is 92.8 Å². The number of hydrogen-bond acceptors (Lipinski definition) is 6. The van der Waals surface area contributed by atoms with Crippen molar-refractivity contribution in [2.45, 2.75) is 31.7 Å². The normalized spacial score (nSPS) is 10.1. The highest BCUT2D eigenvalue weighted by Gasteiger charge is 2.14. The number of nitrogens with zero attached hydrogens (tertiary/aromatic N) is 2. The first kappa shape index (κ1) is 19.6. The fourth-order valence-electron chi connectivity index (χ4n) is 2.49. The zero-order valence-electron chi connectivity index (χ0n) is 14.6. The average molecular weight is 369 g/mol. The van der Waals surface area contributed by atoms with Gasteiger partial charge in [0.25, 0.3) is 0 Å². The number of rotatable bonds is 6. The van der Waals surface area contributed by atoms with Gasteiger partial charge in [0, 0.05) is 29.9 Å². The number of ketones is 1. The molecule has 1 N–H and O–H groups in total. The lowest BCUT2D eigenvalue weighted by Gasteiger charge is -2.07. The van der Waals surface area contributed by atoms with Gasteiger partial charge in [0.05, 0.1) is 5.56 Å². The highest BCUT2D eigenvalue weighted by molar-refractivity contribution is 7.99. The number of pyridine rings is 2. The van der Waals surface area contributed by atoms with Crippen LogP contribution in [0.5, 0.6) is 0 Å². The molecule has 26 heavy (non-hydrogen) atoms. The van der Waals surface area contributed by atoms with Crippen molar-refractivity contribution < 1.29 is 14.4 Å². The summed E-state index contributed by atoms with van der Waals surface area (Å²) in [5.41, 5.74) is 3.56. The number of H-pyrrole nitrogens is 1. The Balaban J connectivity index is 0.000000758. The molecule has 0 saturated heterocycles. The number of carbonyl (C=O) groups is 1. The van der Waals surface area contributed by atoms with E-state index in [0.29, 0.717) is 12.0 Å². The standard InChI is InChI=1S/C18H19N3OS.CO2/c1-3-7-23-18-15(5-4-6-19-18)16(22)10-13-9-14-8-12(2)21-17(14)20-11-13;2-1-3/h4-6,8-9,11H,3,7,10H2,1-2H3,(H,20,21);. The van der Waals surface area contributed by atoms with Crippen molar-refractivity contribution in [2.75, 3.05) is 5.75 Å². The van der Waals surface area contributed by atoms with Gasteiger partial charge in [-0.25, -0.2) is 9.97 Å². The Hall–Kier alpha value is -2.76. The zero-order valence-corrected chi connectivity index (χ0v) is 15.4. The molecule has 0 atom stereocenters. The maximum Gasteiger partial charge on any atom is 0.373 e. The Labute approximate surface area is 155 Å². The minimum atomic E-state index is 0.0881. The predicted octanol–water partition coefficient (Wildman–Crippen LogP) is 3.61. The number of aromatic nitrogens is 3. The summed E-state index contributed by atoms with van der Waals surface area (Å²) in [6.07, 6.45) is 5.16. The van der Waals surface area contributed by atoms with Crippen LogP contribution in [-0.2, 0) is 16.0 Å². The smallest absolute Gasteiger partial charge is 0.344 e. The second kappa shape index (κ2) is 9.65. The molecule has 0 spiro atoms. The number of Topliss-reactive ketones (excluding diaryl/α,β-unsaturated/α-hetero) is 1. The van der Waals surface area contributed by atoms with E-state index >= 15 is 0 Å².